The quantitative estimate of drug-likeness (QED) is 0.690. The van der Waals surface area contributed by atoms with E-state index in [9.17, 15) is 5.26 Å². The lowest BCUT2D eigenvalue weighted by atomic mass is 10.1. The van der Waals surface area contributed by atoms with Crippen LogP contribution in [0.2, 0.25) is 5.15 Å². The Bertz CT molecular complexity index is 848. The van der Waals surface area contributed by atoms with Crippen LogP contribution in [0.3, 0.4) is 0 Å². The SMILES string of the molecule is Cc1ccc(Nc2c(C#N)c(Cl)nc3ccccc23)cc1. The Morgan fingerprint density at radius 1 is 1.10 bits per heavy atom. The molecule has 1 aromatic heterocycles. The molecule has 0 saturated heterocycles. The Balaban J connectivity index is 2.20. The standard InChI is InChI=1S/C17H12ClN3/c1-11-6-8-12(9-7-11)20-16-13-4-2-3-5-15(13)21-17(18)14(16)10-19/h2-9H,1H3,(H,20,21). The van der Waals surface area contributed by atoms with Crippen LogP contribution in [-0.2, 0) is 0 Å². The van der Waals surface area contributed by atoms with Gasteiger partial charge in [0.25, 0.3) is 0 Å². The van der Waals surface area contributed by atoms with E-state index in [1.807, 2.05) is 55.5 Å². The molecule has 102 valence electrons. The van der Waals surface area contributed by atoms with E-state index >= 15 is 0 Å². The van der Waals surface area contributed by atoms with Gasteiger partial charge >= 0.3 is 0 Å². The second-order valence-electron chi connectivity index (χ2n) is 4.77. The first-order valence-corrected chi connectivity index (χ1v) is 6.89. The van der Waals surface area contributed by atoms with Crippen LogP contribution in [0.4, 0.5) is 11.4 Å². The minimum atomic E-state index is 0.214. The maximum absolute atomic E-state index is 9.37. The lowest BCUT2D eigenvalue weighted by Crippen LogP contribution is -1.98. The molecular weight excluding hydrogens is 282 g/mol. The van der Waals surface area contributed by atoms with Crippen molar-refractivity contribution >= 4 is 33.9 Å². The summed E-state index contributed by atoms with van der Waals surface area (Å²) in [4.78, 5) is 4.27. The minimum Gasteiger partial charge on any atom is -0.354 e. The number of para-hydroxylation sites is 1. The summed E-state index contributed by atoms with van der Waals surface area (Å²) in [5.41, 5.74) is 3.90. The summed E-state index contributed by atoms with van der Waals surface area (Å²) < 4.78 is 0. The second-order valence-corrected chi connectivity index (χ2v) is 5.13. The highest BCUT2D eigenvalue weighted by Gasteiger charge is 2.13. The molecule has 1 N–H and O–H groups in total. The molecule has 3 aromatic rings. The molecule has 0 aliphatic carbocycles. The van der Waals surface area contributed by atoms with Gasteiger partial charge in [-0.1, -0.05) is 47.5 Å². The average Bonchev–Trinajstić information content (AvgIpc) is 2.49. The van der Waals surface area contributed by atoms with Crippen molar-refractivity contribution < 1.29 is 0 Å². The van der Waals surface area contributed by atoms with Crippen LogP contribution in [0.15, 0.2) is 48.5 Å². The maximum atomic E-state index is 9.37. The Morgan fingerprint density at radius 3 is 2.52 bits per heavy atom. The Hall–Kier alpha value is -2.57. The zero-order valence-corrected chi connectivity index (χ0v) is 12.1. The van der Waals surface area contributed by atoms with Crippen molar-refractivity contribution in [1.82, 2.24) is 4.98 Å². The van der Waals surface area contributed by atoms with Gasteiger partial charge in [0.15, 0.2) is 0 Å². The first kappa shape index (κ1) is 13.4. The third-order valence-electron chi connectivity index (χ3n) is 3.28. The van der Waals surface area contributed by atoms with E-state index in [1.165, 1.54) is 5.56 Å². The van der Waals surface area contributed by atoms with Crippen LogP contribution in [0, 0.1) is 18.3 Å². The topological polar surface area (TPSA) is 48.7 Å². The number of rotatable bonds is 2. The number of anilines is 2. The largest absolute Gasteiger partial charge is 0.354 e. The summed E-state index contributed by atoms with van der Waals surface area (Å²) in [5, 5.41) is 13.7. The van der Waals surface area contributed by atoms with E-state index in [0.717, 1.165) is 16.6 Å². The van der Waals surface area contributed by atoms with Gasteiger partial charge in [-0.15, -0.1) is 0 Å². The number of fused-ring (bicyclic) bond motifs is 1. The third-order valence-corrected chi connectivity index (χ3v) is 3.55. The van der Waals surface area contributed by atoms with E-state index in [2.05, 4.69) is 16.4 Å². The predicted octanol–water partition coefficient (Wildman–Crippen LogP) is 4.81. The van der Waals surface area contributed by atoms with E-state index < -0.39 is 0 Å². The molecule has 0 bridgehead atoms. The molecule has 0 fully saturated rings. The summed E-state index contributed by atoms with van der Waals surface area (Å²) in [6.07, 6.45) is 0. The Labute approximate surface area is 127 Å². The molecule has 21 heavy (non-hydrogen) atoms. The van der Waals surface area contributed by atoms with Crippen molar-refractivity contribution in [3.8, 4) is 6.07 Å². The van der Waals surface area contributed by atoms with E-state index in [4.69, 9.17) is 11.6 Å². The zero-order valence-electron chi connectivity index (χ0n) is 11.4. The van der Waals surface area contributed by atoms with Crippen LogP contribution in [0.1, 0.15) is 11.1 Å². The lowest BCUT2D eigenvalue weighted by molar-refractivity contribution is 1.36. The molecule has 0 atom stereocenters. The second kappa shape index (κ2) is 5.43. The number of aromatic nitrogens is 1. The van der Waals surface area contributed by atoms with Gasteiger partial charge in [0.2, 0.25) is 0 Å². The van der Waals surface area contributed by atoms with Crippen molar-refractivity contribution in [2.75, 3.05) is 5.32 Å². The van der Waals surface area contributed by atoms with Crippen LogP contribution in [-0.4, -0.2) is 4.98 Å². The summed E-state index contributed by atoms with van der Waals surface area (Å²) in [7, 11) is 0. The molecule has 0 amide bonds. The van der Waals surface area contributed by atoms with Crippen LogP contribution >= 0.6 is 11.6 Å². The summed E-state index contributed by atoms with van der Waals surface area (Å²) >= 11 is 6.13. The summed E-state index contributed by atoms with van der Waals surface area (Å²) in [6, 6.07) is 17.7. The van der Waals surface area contributed by atoms with E-state index in [1.54, 1.807) is 0 Å². The highest BCUT2D eigenvalue weighted by atomic mass is 35.5. The fourth-order valence-electron chi connectivity index (χ4n) is 2.20. The van der Waals surface area contributed by atoms with Gasteiger partial charge in [-0.2, -0.15) is 5.26 Å². The van der Waals surface area contributed by atoms with Crippen LogP contribution < -0.4 is 5.32 Å². The van der Waals surface area contributed by atoms with Gasteiger partial charge in [-0.05, 0) is 25.1 Å². The Kier molecular flexibility index (Phi) is 3.47. The highest BCUT2D eigenvalue weighted by molar-refractivity contribution is 6.31. The summed E-state index contributed by atoms with van der Waals surface area (Å²) in [6.45, 7) is 2.03. The van der Waals surface area contributed by atoms with Crippen LogP contribution in [0.5, 0.6) is 0 Å². The van der Waals surface area contributed by atoms with Crippen molar-refractivity contribution in [2.45, 2.75) is 6.92 Å². The van der Waals surface area contributed by atoms with Gasteiger partial charge in [0.05, 0.1) is 11.2 Å². The van der Waals surface area contributed by atoms with Gasteiger partial charge < -0.3 is 5.32 Å². The molecule has 2 aromatic carbocycles. The number of nitrogens with zero attached hydrogens (tertiary/aromatic N) is 2. The van der Waals surface area contributed by atoms with E-state index in [0.29, 0.717) is 11.3 Å². The van der Waals surface area contributed by atoms with Gasteiger partial charge in [0.1, 0.15) is 16.8 Å². The molecule has 3 nitrogen and oxygen atoms in total. The fourth-order valence-corrected chi connectivity index (χ4v) is 2.42. The summed E-state index contributed by atoms with van der Waals surface area (Å²) in [5.74, 6) is 0. The van der Waals surface area contributed by atoms with Crippen molar-refractivity contribution in [2.24, 2.45) is 0 Å². The van der Waals surface area contributed by atoms with Gasteiger partial charge in [-0.3, -0.25) is 0 Å². The van der Waals surface area contributed by atoms with Crippen molar-refractivity contribution in [3.05, 3.63) is 64.8 Å². The smallest absolute Gasteiger partial charge is 0.149 e. The van der Waals surface area contributed by atoms with Crippen molar-refractivity contribution in [3.63, 3.8) is 0 Å². The van der Waals surface area contributed by atoms with Crippen LogP contribution in [0.25, 0.3) is 10.9 Å². The molecule has 0 aliphatic heterocycles. The molecule has 0 spiro atoms. The van der Waals surface area contributed by atoms with Gasteiger partial charge in [-0.25, -0.2) is 4.98 Å². The van der Waals surface area contributed by atoms with Crippen molar-refractivity contribution in [1.29, 1.82) is 5.26 Å². The molecule has 3 rings (SSSR count). The number of hydrogen-bond donors (Lipinski definition) is 1. The molecule has 4 heteroatoms. The molecule has 0 unspecified atom stereocenters. The molecule has 0 aliphatic rings. The fraction of sp³-hybridized carbons (Fsp3) is 0.0588. The number of nitrogens with one attached hydrogen (secondary N) is 1. The number of aryl methyl sites for hydroxylation is 1. The Morgan fingerprint density at radius 2 is 1.81 bits per heavy atom. The number of benzene rings is 2. The minimum absolute atomic E-state index is 0.214. The molecular formula is C17H12ClN3. The molecule has 0 saturated carbocycles. The van der Waals surface area contributed by atoms with Gasteiger partial charge in [0, 0.05) is 11.1 Å². The van der Waals surface area contributed by atoms with E-state index in [-0.39, 0.29) is 5.15 Å². The number of hydrogen-bond acceptors (Lipinski definition) is 3. The normalized spacial score (nSPS) is 10.3. The predicted molar refractivity (Wildman–Crippen MR) is 85.9 cm³/mol. The number of halogens is 1. The highest BCUT2D eigenvalue weighted by Crippen LogP contribution is 2.32. The average molecular weight is 294 g/mol. The monoisotopic (exact) mass is 293 g/mol. The lowest BCUT2D eigenvalue weighted by Gasteiger charge is -2.12. The molecule has 0 radical (unpaired) electrons. The molecule has 1 heterocycles. The maximum Gasteiger partial charge on any atom is 0.149 e. The first-order chi connectivity index (χ1) is 10.2. The number of nitriles is 1. The first-order valence-electron chi connectivity index (χ1n) is 6.51. The number of pyridine rings is 1. The zero-order chi connectivity index (χ0) is 14.8. The third kappa shape index (κ3) is 2.54.